The summed E-state index contributed by atoms with van der Waals surface area (Å²) in [6.45, 7) is 0.00259. The number of pyridine rings is 1. The third kappa shape index (κ3) is 1.72. The molecular formula is C7H9FN2O. The Bertz CT molecular complexity index is 242. The standard InChI is InChI=1S/C7H9FN2O/c8-7-5(6(11)4-9)2-1-3-10-7/h1-3,6,11H,4,9H2/t6-/m0/s1. The fraction of sp³-hybridized carbons (Fsp3) is 0.286. The fourth-order valence-corrected chi connectivity index (χ4v) is 0.774. The predicted molar refractivity (Wildman–Crippen MR) is 38.2 cm³/mol. The summed E-state index contributed by atoms with van der Waals surface area (Å²) in [5.74, 6) is -0.662. The van der Waals surface area contributed by atoms with Crippen molar-refractivity contribution in [3.8, 4) is 0 Å². The highest BCUT2D eigenvalue weighted by Crippen LogP contribution is 2.12. The van der Waals surface area contributed by atoms with E-state index in [0.29, 0.717) is 0 Å². The van der Waals surface area contributed by atoms with Gasteiger partial charge in [-0.05, 0) is 6.07 Å². The Balaban J connectivity index is 2.93. The molecule has 3 nitrogen and oxygen atoms in total. The number of rotatable bonds is 2. The lowest BCUT2D eigenvalue weighted by Gasteiger charge is -2.06. The highest BCUT2D eigenvalue weighted by atomic mass is 19.1. The van der Waals surface area contributed by atoms with Gasteiger partial charge in [-0.2, -0.15) is 4.39 Å². The molecule has 0 saturated carbocycles. The number of nitrogens with zero attached hydrogens (tertiary/aromatic N) is 1. The molecule has 60 valence electrons. The zero-order valence-corrected chi connectivity index (χ0v) is 5.87. The lowest BCUT2D eigenvalue weighted by molar-refractivity contribution is 0.180. The Morgan fingerprint density at radius 3 is 3.00 bits per heavy atom. The van der Waals surface area contributed by atoms with E-state index in [0.717, 1.165) is 0 Å². The van der Waals surface area contributed by atoms with Crippen LogP contribution in [0.4, 0.5) is 4.39 Å². The van der Waals surface area contributed by atoms with Gasteiger partial charge >= 0.3 is 0 Å². The summed E-state index contributed by atoms with van der Waals surface area (Å²) in [7, 11) is 0. The van der Waals surface area contributed by atoms with Crippen LogP contribution in [-0.4, -0.2) is 16.6 Å². The second-order valence-electron chi connectivity index (χ2n) is 2.13. The van der Waals surface area contributed by atoms with E-state index in [9.17, 15) is 4.39 Å². The summed E-state index contributed by atoms with van der Waals surface area (Å²) in [6.07, 6.45) is 0.367. The highest BCUT2D eigenvalue weighted by Gasteiger charge is 2.09. The molecule has 0 aliphatic rings. The summed E-state index contributed by atoms with van der Waals surface area (Å²) in [4.78, 5) is 3.37. The van der Waals surface area contributed by atoms with E-state index in [1.165, 1.54) is 12.3 Å². The quantitative estimate of drug-likeness (QED) is 0.602. The van der Waals surface area contributed by atoms with Crippen molar-refractivity contribution in [1.82, 2.24) is 4.98 Å². The SMILES string of the molecule is NC[C@H](O)c1cccnc1F. The monoisotopic (exact) mass is 156 g/mol. The molecule has 3 N–H and O–H groups in total. The first-order valence-electron chi connectivity index (χ1n) is 3.24. The maximum absolute atomic E-state index is 12.7. The normalized spacial score (nSPS) is 13.0. The smallest absolute Gasteiger partial charge is 0.218 e. The maximum atomic E-state index is 12.7. The summed E-state index contributed by atoms with van der Waals surface area (Å²) in [6, 6.07) is 3.01. The third-order valence-electron chi connectivity index (χ3n) is 1.37. The van der Waals surface area contributed by atoms with E-state index < -0.39 is 12.1 Å². The highest BCUT2D eigenvalue weighted by molar-refractivity contribution is 5.13. The van der Waals surface area contributed by atoms with Crippen molar-refractivity contribution in [2.75, 3.05) is 6.54 Å². The lowest BCUT2D eigenvalue weighted by atomic mass is 10.1. The van der Waals surface area contributed by atoms with Gasteiger partial charge in [-0.25, -0.2) is 4.98 Å². The fourth-order valence-electron chi connectivity index (χ4n) is 0.774. The van der Waals surface area contributed by atoms with Crippen molar-refractivity contribution in [3.05, 3.63) is 29.8 Å². The predicted octanol–water partition coefficient (Wildman–Crippen LogP) is 0.213. The second-order valence-corrected chi connectivity index (χ2v) is 2.13. The summed E-state index contributed by atoms with van der Waals surface area (Å²) >= 11 is 0. The van der Waals surface area contributed by atoms with Crippen molar-refractivity contribution in [2.24, 2.45) is 5.73 Å². The van der Waals surface area contributed by atoms with Crippen LogP contribution in [-0.2, 0) is 0 Å². The lowest BCUT2D eigenvalue weighted by Crippen LogP contribution is -2.13. The topological polar surface area (TPSA) is 59.1 Å². The molecule has 11 heavy (non-hydrogen) atoms. The molecule has 1 aromatic rings. The van der Waals surface area contributed by atoms with Crippen molar-refractivity contribution >= 4 is 0 Å². The molecule has 0 aliphatic heterocycles. The van der Waals surface area contributed by atoms with Gasteiger partial charge in [-0.1, -0.05) is 6.07 Å². The molecule has 1 atom stereocenters. The number of aliphatic hydroxyl groups is 1. The average molecular weight is 156 g/mol. The van der Waals surface area contributed by atoms with Crippen molar-refractivity contribution in [3.63, 3.8) is 0 Å². The molecular weight excluding hydrogens is 147 g/mol. The van der Waals surface area contributed by atoms with Crippen LogP contribution in [0, 0.1) is 5.95 Å². The number of aromatic nitrogens is 1. The van der Waals surface area contributed by atoms with Crippen LogP contribution in [0.15, 0.2) is 18.3 Å². The minimum Gasteiger partial charge on any atom is -0.387 e. The molecule has 0 radical (unpaired) electrons. The van der Waals surface area contributed by atoms with E-state index in [1.807, 2.05) is 0 Å². The van der Waals surface area contributed by atoms with Crippen LogP contribution in [0.2, 0.25) is 0 Å². The van der Waals surface area contributed by atoms with E-state index in [4.69, 9.17) is 10.8 Å². The average Bonchev–Trinajstić information content (AvgIpc) is 2.04. The zero-order valence-electron chi connectivity index (χ0n) is 5.87. The van der Waals surface area contributed by atoms with Gasteiger partial charge in [0.15, 0.2) is 0 Å². The Labute approximate surface area is 63.7 Å². The van der Waals surface area contributed by atoms with Gasteiger partial charge in [0, 0.05) is 18.3 Å². The van der Waals surface area contributed by atoms with Crippen molar-refractivity contribution in [1.29, 1.82) is 0 Å². The van der Waals surface area contributed by atoms with Crippen molar-refractivity contribution in [2.45, 2.75) is 6.10 Å². The first kappa shape index (κ1) is 8.10. The molecule has 0 unspecified atom stereocenters. The third-order valence-corrected chi connectivity index (χ3v) is 1.37. The first-order chi connectivity index (χ1) is 5.25. The molecule has 1 aromatic heterocycles. The number of nitrogens with two attached hydrogens (primary N) is 1. The van der Waals surface area contributed by atoms with Gasteiger partial charge in [0.05, 0.1) is 6.10 Å². The second kappa shape index (κ2) is 3.41. The summed E-state index contributed by atoms with van der Waals surface area (Å²) in [5.41, 5.74) is 5.28. The molecule has 0 spiro atoms. The zero-order chi connectivity index (χ0) is 8.27. The van der Waals surface area contributed by atoms with Crippen LogP contribution in [0.5, 0.6) is 0 Å². The largest absolute Gasteiger partial charge is 0.387 e. The molecule has 0 aliphatic carbocycles. The van der Waals surface area contributed by atoms with Gasteiger partial charge in [-0.15, -0.1) is 0 Å². The van der Waals surface area contributed by atoms with Gasteiger partial charge in [0.1, 0.15) is 0 Å². The first-order valence-corrected chi connectivity index (χ1v) is 3.24. The van der Waals surface area contributed by atoms with Crippen LogP contribution < -0.4 is 5.73 Å². The van der Waals surface area contributed by atoms with Crippen LogP contribution in [0.1, 0.15) is 11.7 Å². The Morgan fingerprint density at radius 2 is 2.45 bits per heavy atom. The maximum Gasteiger partial charge on any atom is 0.218 e. The number of hydrogen-bond donors (Lipinski definition) is 2. The number of aliphatic hydroxyl groups excluding tert-OH is 1. The molecule has 1 rings (SSSR count). The minimum atomic E-state index is -0.955. The number of hydrogen-bond acceptors (Lipinski definition) is 3. The summed E-state index contributed by atoms with van der Waals surface area (Å²) < 4.78 is 12.7. The van der Waals surface area contributed by atoms with Gasteiger partial charge < -0.3 is 10.8 Å². The van der Waals surface area contributed by atoms with Crippen molar-refractivity contribution < 1.29 is 9.50 Å². The molecule has 4 heteroatoms. The Hall–Kier alpha value is -1.00. The molecule has 0 saturated heterocycles. The Morgan fingerprint density at radius 1 is 1.73 bits per heavy atom. The van der Waals surface area contributed by atoms with Gasteiger partial charge in [-0.3, -0.25) is 0 Å². The summed E-state index contributed by atoms with van der Waals surface area (Å²) in [5, 5.41) is 9.11. The minimum absolute atomic E-state index is 0.00259. The molecule has 0 bridgehead atoms. The molecule has 0 amide bonds. The van der Waals surface area contributed by atoms with Gasteiger partial charge in [0.2, 0.25) is 5.95 Å². The van der Waals surface area contributed by atoms with Crippen LogP contribution in [0.3, 0.4) is 0 Å². The van der Waals surface area contributed by atoms with E-state index in [2.05, 4.69) is 4.98 Å². The van der Waals surface area contributed by atoms with E-state index in [1.54, 1.807) is 6.07 Å². The molecule has 0 aromatic carbocycles. The number of halogens is 1. The Kier molecular flexibility index (Phi) is 2.51. The molecule has 0 fully saturated rings. The molecule has 1 heterocycles. The van der Waals surface area contributed by atoms with Crippen LogP contribution in [0.25, 0.3) is 0 Å². The van der Waals surface area contributed by atoms with E-state index >= 15 is 0 Å². The van der Waals surface area contributed by atoms with E-state index in [-0.39, 0.29) is 12.1 Å². The van der Waals surface area contributed by atoms with Crippen LogP contribution >= 0.6 is 0 Å². The van der Waals surface area contributed by atoms with Gasteiger partial charge in [0.25, 0.3) is 0 Å².